The van der Waals surface area contributed by atoms with Gasteiger partial charge < -0.3 is 4.74 Å². The van der Waals surface area contributed by atoms with Gasteiger partial charge in [0.1, 0.15) is 0 Å². The second kappa shape index (κ2) is 6.63. The minimum Gasteiger partial charge on any atom is -0.381 e. The topological polar surface area (TPSA) is 39.9 Å². The van der Waals surface area contributed by atoms with E-state index in [0.29, 0.717) is 5.56 Å². The van der Waals surface area contributed by atoms with Crippen LogP contribution in [0.4, 0.5) is 4.39 Å². The van der Waals surface area contributed by atoms with E-state index < -0.39 is 5.95 Å². The van der Waals surface area contributed by atoms with E-state index in [1.165, 1.54) is 0 Å². The molecule has 1 fully saturated rings. The third-order valence-electron chi connectivity index (χ3n) is 4.66. The van der Waals surface area contributed by atoms with Crippen LogP contribution in [0, 0.1) is 5.95 Å². The summed E-state index contributed by atoms with van der Waals surface area (Å²) in [5, 5.41) is 4.63. The van der Waals surface area contributed by atoms with Gasteiger partial charge in [-0.2, -0.15) is 9.49 Å². The van der Waals surface area contributed by atoms with Crippen molar-refractivity contribution in [3.05, 3.63) is 35.5 Å². The Balaban J connectivity index is 2.14. The van der Waals surface area contributed by atoms with Crippen LogP contribution in [0.15, 0.2) is 18.3 Å². The van der Waals surface area contributed by atoms with E-state index in [1.807, 2.05) is 29.9 Å². The molecule has 0 unspecified atom stereocenters. The van der Waals surface area contributed by atoms with Crippen LogP contribution in [0.5, 0.6) is 0 Å². The molecule has 5 heteroatoms. The van der Waals surface area contributed by atoms with Gasteiger partial charge in [-0.1, -0.05) is 27.7 Å². The Bertz CT molecular complexity index is 712. The Morgan fingerprint density at radius 3 is 2.54 bits per heavy atom. The third-order valence-corrected chi connectivity index (χ3v) is 4.66. The van der Waals surface area contributed by atoms with E-state index in [0.717, 1.165) is 49.4 Å². The fraction of sp³-hybridized carbons (Fsp3) is 0.579. The fourth-order valence-corrected chi connectivity index (χ4v) is 3.23. The zero-order valence-corrected chi connectivity index (χ0v) is 15.0. The van der Waals surface area contributed by atoms with Gasteiger partial charge in [0.2, 0.25) is 5.95 Å². The number of halogens is 1. The summed E-state index contributed by atoms with van der Waals surface area (Å²) < 4.78 is 22.2. The number of ether oxygens (including phenoxy) is 1. The molecule has 0 aliphatic carbocycles. The van der Waals surface area contributed by atoms with Gasteiger partial charge >= 0.3 is 0 Å². The minimum absolute atomic E-state index is 0.116. The zero-order valence-electron chi connectivity index (χ0n) is 15.0. The highest BCUT2D eigenvalue weighted by molar-refractivity contribution is 5.65. The molecule has 0 N–H and O–H groups in total. The molecule has 0 aromatic carbocycles. The quantitative estimate of drug-likeness (QED) is 0.788. The summed E-state index contributed by atoms with van der Waals surface area (Å²) in [6.07, 6.45) is 4.42. The minimum atomic E-state index is -0.409. The normalized spacial score (nSPS) is 16.5. The molecule has 2 aromatic rings. The molecule has 0 atom stereocenters. The molecule has 2 aromatic heterocycles. The van der Waals surface area contributed by atoms with Crippen molar-refractivity contribution in [1.82, 2.24) is 14.8 Å². The first kappa shape index (κ1) is 17.1. The van der Waals surface area contributed by atoms with Crippen molar-refractivity contribution in [3.63, 3.8) is 0 Å². The highest BCUT2D eigenvalue weighted by Gasteiger charge is 2.29. The van der Waals surface area contributed by atoms with E-state index in [1.54, 1.807) is 0 Å². The SMILES string of the molecule is CCc1ccc(-c2c(C(C)(C)C)cnn2C2CCOCC2)c(F)n1. The van der Waals surface area contributed by atoms with E-state index in [-0.39, 0.29) is 11.5 Å². The van der Waals surface area contributed by atoms with E-state index in [4.69, 9.17) is 4.74 Å². The summed E-state index contributed by atoms with van der Waals surface area (Å²) in [5.41, 5.74) is 3.11. The maximum atomic E-state index is 14.7. The molecular weight excluding hydrogens is 305 g/mol. The molecule has 130 valence electrons. The Kier molecular flexibility index (Phi) is 4.72. The lowest BCUT2D eigenvalue weighted by Crippen LogP contribution is -2.22. The molecule has 1 aliphatic heterocycles. The molecule has 0 bridgehead atoms. The highest BCUT2D eigenvalue weighted by atomic mass is 19.1. The zero-order chi connectivity index (χ0) is 17.3. The number of aromatic nitrogens is 3. The number of hydrogen-bond acceptors (Lipinski definition) is 3. The van der Waals surface area contributed by atoms with Crippen molar-refractivity contribution >= 4 is 0 Å². The molecule has 1 saturated heterocycles. The van der Waals surface area contributed by atoms with Crippen LogP contribution in [0.25, 0.3) is 11.3 Å². The van der Waals surface area contributed by atoms with Gasteiger partial charge in [-0.15, -0.1) is 0 Å². The van der Waals surface area contributed by atoms with Crippen molar-refractivity contribution in [1.29, 1.82) is 0 Å². The van der Waals surface area contributed by atoms with Crippen molar-refractivity contribution in [3.8, 4) is 11.3 Å². The van der Waals surface area contributed by atoms with Gasteiger partial charge in [0.05, 0.1) is 23.5 Å². The standard InChI is InChI=1S/C19H26FN3O/c1-5-13-6-7-15(18(20)22-13)17-16(19(2,3)4)12-21-23(17)14-8-10-24-11-9-14/h6-7,12,14H,5,8-11H2,1-4H3. The van der Waals surface area contributed by atoms with Crippen LogP contribution in [0.2, 0.25) is 0 Å². The smallest absolute Gasteiger partial charge is 0.222 e. The average molecular weight is 331 g/mol. The summed E-state index contributed by atoms with van der Waals surface area (Å²) in [4.78, 5) is 4.12. The Morgan fingerprint density at radius 2 is 1.96 bits per heavy atom. The van der Waals surface area contributed by atoms with Crippen molar-refractivity contribution in [2.75, 3.05) is 13.2 Å². The summed E-state index contributed by atoms with van der Waals surface area (Å²) in [5.74, 6) is -0.409. The summed E-state index contributed by atoms with van der Waals surface area (Å²) in [6, 6.07) is 4.00. The first-order chi connectivity index (χ1) is 11.4. The Morgan fingerprint density at radius 1 is 1.25 bits per heavy atom. The first-order valence-corrected chi connectivity index (χ1v) is 8.73. The van der Waals surface area contributed by atoms with E-state index in [2.05, 4.69) is 30.9 Å². The lowest BCUT2D eigenvalue weighted by molar-refractivity contribution is 0.0667. The van der Waals surface area contributed by atoms with Gasteiger partial charge in [-0.25, -0.2) is 4.98 Å². The fourth-order valence-electron chi connectivity index (χ4n) is 3.23. The van der Waals surface area contributed by atoms with Gasteiger partial charge in [0, 0.05) is 24.5 Å². The second-order valence-corrected chi connectivity index (χ2v) is 7.44. The van der Waals surface area contributed by atoms with Gasteiger partial charge in [-0.05, 0) is 36.8 Å². The average Bonchev–Trinajstić information content (AvgIpc) is 3.00. The monoisotopic (exact) mass is 331 g/mol. The van der Waals surface area contributed by atoms with Crippen LogP contribution in [0.3, 0.4) is 0 Å². The van der Waals surface area contributed by atoms with Crippen LogP contribution in [0.1, 0.15) is 57.8 Å². The largest absolute Gasteiger partial charge is 0.381 e. The van der Waals surface area contributed by atoms with Gasteiger partial charge in [0.25, 0.3) is 0 Å². The van der Waals surface area contributed by atoms with Crippen LogP contribution < -0.4 is 0 Å². The van der Waals surface area contributed by atoms with Crippen molar-refractivity contribution in [2.24, 2.45) is 0 Å². The Hall–Kier alpha value is -1.75. The van der Waals surface area contributed by atoms with E-state index >= 15 is 0 Å². The van der Waals surface area contributed by atoms with Gasteiger partial charge in [-0.3, -0.25) is 4.68 Å². The summed E-state index contributed by atoms with van der Waals surface area (Å²) in [7, 11) is 0. The predicted molar refractivity (Wildman–Crippen MR) is 92.6 cm³/mol. The lowest BCUT2D eigenvalue weighted by atomic mass is 9.85. The molecule has 0 radical (unpaired) electrons. The third kappa shape index (κ3) is 3.22. The molecule has 4 nitrogen and oxygen atoms in total. The summed E-state index contributed by atoms with van der Waals surface area (Å²) >= 11 is 0. The maximum absolute atomic E-state index is 14.7. The molecule has 3 rings (SSSR count). The van der Waals surface area contributed by atoms with Crippen molar-refractivity contribution in [2.45, 2.75) is 58.4 Å². The molecular formula is C19H26FN3O. The van der Waals surface area contributed by atoms with Crippen LogP contribution >= 0.6 is 0 Å². The Labute approximate surface area is 143 Å². The lowest BCUT2D eigenvalue weighted by Gasteiger charge is -2.26. The number of rotatable bonds is 3. The molecule has 3 heterocycles. The van der Waals surface area contributed by atoms with Crippen LogP contribution in [-0.2, 0) is 16.6 Å². The number of pyridine rings is 1. The number of aryl methyl sites for hydroxylation is 1. The van der Waals surface area contributed by atoms with Crippen LogP contribution in [-0.4, -0.2) is 28.0 Å². The van der Waals surface area contributed by atoms with Crippen molar-refractivity contribution < 1.29 is 9.13 Å². The second-order valence-electron chi connectivity index (χ2n) is 7.44. The molecule has 0 spiro atoms. The first-order valence-electron chi connectivity index (χ1n) is 8.73. The maximum Gasteiger partial charge on any atom is 0.222 e. The number of hydrogen-bond donors (Lipinski definition) is 0. The van der Waals surface area contributed by atoms with E-state index in [9.17, 15) is 4.39 Å². The number of nitrogens with zero attached hydrogens (tertiary/aromatic N) is 3. The predicted octanol–water partition coefficient (Wildman–Crippen LogP) is 4.30. The summed E-state index contributed by atoms with van der Waals surface area (Å²) in [6.45, 7) is 9.83. The molecule has 1 aliphatic rings. The highest BCUT2D eigenvalue weighted by Crippen LogP contribution is 2.37. The molecule has 24 heavy (non-hydrogen) atoms. The molecule has 0 amide bonds. The molecule has 0 saturated carbocycles. The van der Waals surface area contributed by atoms with Gasteiger partial charge in [0.15, 0.2) is 0 Å².